The normalized spacial score (nSPS) is 20.3. The number of nitrogens with zero attached hydrogens (tertiary/aromatic N) is 1. The summed E-state index contributed by atoms with van der Waals surface area (Å²) < 4.78 is 27.5. The molecular weight excluding hydrogens is 312 g/mol. The lowest BCUT2D eigenvalue weighted by molar-refractivity contribution is -0.135. The van der Waals surface area contributed by atoms with Gasteiger partial charge in [0.25, 0.3) is 0 Å². The Morgan fingerprint density at radius 3 is 2.57 bits per heavy atom. The standard InChI is InChI=1S/C17H26N2O3S/c1-12-8-9-16(11-13(12)2)23(21,22)18-15(4)17(20)19-10-6-5-7-14(19)3/h8-9,11,14-15,18H,5-7,10H2,1-4H3. The maximum absolute atomic E-state index is 12.5. The van der Waals surface area contributed by atoms with Gasteiger partial charge >= 0.3 is 0 Å². The van der Waals surface area contributed by atoms with Gasteiger partial charge in [0, 0.05) is 12.6 Å². The van der Waals surface area contributed by atoms with Gasteiger partial charge in [-0.3, -0.25) is 4.79 Å². The third kappa shape index (κ3) is 4.12. The highest BCUT2D eigenvalue weighted by molar-refractivity contribution is 7.89. The second kappa shape index (κ2) is 7.01. The average Bonchev–Trinajstić information content (AvgIpc) is 2.49. The molecular formula is C17H26N2O3S. The lowest BCUT2D eigenvalue weighted by Crippen LogP contribution is -2.51. The second-order valence-electron chi connectivity index (χ2n) is 6.47. The van der Waals surface area contributed by atoms with Gasteiger partial charge in [0.15, 0.2) is 0 Å². The number of hydrogen-bond donors (Lipinski definition) is 1. The number of carbonyl (C=O) groups excluding carboxylic acids is 1. The average molecular weight is 338 g/mol. The van der Waals surface area contributed by atoms with Crippen molar-refractivity contribution in [2.75, 3.05) is 6.54 Å². The van der Waals surface area contributed by atoms with Crippen molar-refractivity contribution < 1.29 is 13.2 Å². The molecule has 1 heterocycles. The number of carbonyl (C=O) groups is 1. The van der Waals surface area contributed by atoms with Crippen LogP contribution in [0.25, 0.3) is 0 Å². The van der Waals surface area contributed by atoms with Crippen molar-refractivity contribution in [3.05, 3.63) is 29.3 Å². The Balaban J connectivity index is 2.12. The third-order valence-corrected chi connectivity index (χ3v) is 6.12. The molecule has 1 fully saturated rings. The Hall–Kier alpha value is -1.40. The quantitative estimate of drug-likeness (QED) is 0.916. The van der Waals surface area contributed by atoms with Crippen molar-refractivity contribution in [2.45, 2.75) is 63.9 Å². The monoisotopic (exact) mass is 338 g/mol. The van der Waals surface area contributed by atoms with Gasteiger partial charge in [-0.05, 0) is 70.2 Å². The molecule has 1 aliphatic heterocycles. The number of sulfonamides is 1. The minimum atomic E-state index is -3.70. The number of amides is 1. The molecule has 0 saturated carbocycles. The zero-order valence-corrected chi connectivity index (χ0v) is 15.1. The highest BCUT2D eigenvalue weighted by atomic mass is 32.2. The van der Waals surface area contributed by atoms with Crippen LogP contribution >= 0.6 is 0 Å². The van der Waals surface area contributed by atoms with Crippen LogP contribution in [0.4, 0.5) is 0 Å². The van der Waals surface area contributed by atoms with Gasteiger partial charge in [-0.25, -0.2) is 8.42 Å². The molecule has 23 heavy (non-hydrogen) atoms. The number of benzene rings is 1. The van der Waals surface area contributed by atoms with Crippen LogP contribution in [0.3, 0.4) is 0 Å². The van der Waals surface area contributed by atoms with E-state index in [2.05, 4.69) is 4.72 Å². The highest BCUT2D eigenvalue weighted by Gasteiger charge is 2.29. The Morgan fingerprint density at radius 1 is 1.26 bits per heavy atom. The van der Waals surface area contributed by atoms with Gasteiger partial charge in [0.1, 0.15) is 0 Å². The molecule has 128 valence electrons. The molecule has 1 N–H and O–H groups in total. The van der Waals surface area contributed by atoms with Crippen molar-refractivity contribution in [3.8, 4) is 0 Å². The van der Waals surface area contributed by atoms with Crippen molar-refractivity contribution in [1.29, 1.82) is 0 Å². The summed E-state index contributed by atoms with van der Waals surface area (Å²) in [6.07, 6.45) is 3.07. The largest absolute Gasteiger partial charge is 0.339 e. The Morgan fingerprint density at radius 2 is 1.96 bits per heavy atom. The number of hydrogen-bond acceptors (Lipinski definition) is 3. The molecule has 0 radical (unpaired) electrons. The van der Waals surface area contributed by atoms with E-state index in [1.165, 1.54) is 0 Å². The van der Waals surface area contributed by atoms with Crippen molar-refractivity contribution in [2.24, 2.45) is 0 Å². The van der Waals surface area contributed by atoms with Crippen LogP contribution in [0, 0.1) is 13.8 Å². The van der Waals surface area contributed by atoms with Gasteiger partial charge in [-0.2, -0.15) is 4.72 Å². The molecule has 0 aromatic heterocycles. The minimum absolute atomic E-state index is 0.149. The first-order valence-corrected chi connectivity index (χ1v) is 9.61. The van der Waals surface area contributed by atoms with Gasteiger partial charge in [-0.1, -0.05) is 6.07 Å². The molecule has 6 heteroatoms. The topological polar surface area (TPSA) is 66.5 Å². The van der Waals surface area contributed by atoms with Crippen LogP contribution < -0.4 is 4.72 Å². The van der Waals surface area contributed by atoms with E-state index in [1.54, 1.807) is 30.0 Å². The van der Waals surface area contributed by atoms with E-state index in [4.69, 9.17) is 0 Å². The summed E-state index contributed by atoms with van der Waals surface area (Å²) in [5.41, 5.74) is 1.95. The maximum atomic E-state index is 12.5. The van der Waals surface area contributed by atoms with Crippen molar-refractivity contribution >= 4 is 15.9 Å². The molecule has 1 aromatic carbocycles. The van der Waals surface area contributed by atoms with Gasteiger partial charge in [0.2, 0.25) is 15.9 Å². The Kier molecular flexibility index (Phi) is 5.47. The van der Waals surface area contributed by atoms with Crippen LogP contribution in [-0.4, -0.2) is 37.9 Å². The molecule has 1 aromatic rings. The van der Waals surface area contributed by atoms with E-state index >= 15 is 0 Å². The first kappa shape index (κ1) is 17.9. The molecule has 1 aliphatic rings. The summed E-state index contributed by atoms with van der Waals surface area (Å²) in [6.45, 7) is 8.14. The number of rotatable bonds is 4. The summed E-state index contributed by atoms with van der Waals surface area (Å²) in [4.78, 5) is 14.5. The summed E-state index contributed by atoms with van der Waals surface area (Å²) >= 11 is 0. The third-order valence-electron chi connectivity index (χ3n) is 4.58. The van der Waals surface area contributed by atoms with E-state index in [0.29, 0.717) is 6.54 Å². The van der Waals surface area contributed by atoms with Crippen LogP contribution in [0.15, 0.2) is 23.1 Å². The number of aryl methyl sites for hydroxylation is 2. The molecule has 5 nitrogen and oxygen atoms in total. The molecule has 2 atom stereocenters. The number of nitrogens with one attached hydrogen (secondary N) is 1. The summed E-state index contributed by atoms with van der Waals surface area (Å²) in [5.74, 6) is -0.149. The maximum Gasteiger partial charge on any atom is 0.241 e. The van der Waals surface area contributed by atoms with Crippen molar-refractivity contribution in [1.82, 2.24) is 9.62 Å². The molecule has 1 amide bonds. The predicted octanol–water partition coefficient (Wildman–Crippen LogP) is 2.37. The summed E-state index contributed by atoms with van der Waals surface area (Å²) in [5, 5.41) is 0. The Labute approximate surface area is 139 Å². The second-order valence-corrected chi connectivity index (χ2v) is 8.18. The van der Waals surface area contributed by atoms with Gasteiger partial charge < -0.3 is 4.90 Å². The van der Waals surface area contributed by atoms with E-state index in [1.807, 2.05) is 20.8 Å². The van der Waals surface area contributed by atoms with Crippen LogP contribution in [-0.2, 0) is 14.8 Å². The zero-order chi connectivity index (χ0) is 17.2. The van der Waals surface area contributed by atoms with Crippen molar-refractivity contribution in [3.63, 3.8) is 0 Å². The molecule has 0 spiro atoms. The van der Waals surface area contributed by atoms with Gasteiger partial charge in [0.05, 0.1) is 10.9 Å². The first-order valence-electron chi connectivity index (χ1n) is 8.12. The van der Waals surface area contributed by atoms with E-state index < -0.39 is 16.1 Å². The smallest absolute Gasteiger partial charge is 0.241 e. The summed E-state index contributed by atoms with van der Waals surface area (Å²) in [7, 11) is -3.70. The number of likely N-dealkylation sites (tertiary alicyclic amines) is 1. The predicted molar refractivity (Wildman–Crippen MR) is 90.7 cm³/mol. The fraction of sp³-hybridized carbons (Fsp3) is 0.588. The zero-order valence-electron chi connectivity index (χ0n) is 14.3. The fourth-order valence-corrected chi connectivity index (χ4v) is 4.19. The van der Waals surface area contributed by atoms with Crippen LogP contribution in [0.1, 0.15) is 44.2 Å². The Bertz CT molecular complexity index is 685. The van der Waals surface area contributed by atoms with E-state index in [9.17, 15) is 13.2 Å². The number of piperidine rings is 1. The lowest BCUT2D eigenvalue weighted by Gasteiger charge is -2.35. The molecule has 2 rings (SSSR count). The first-order chi connectivity index (χ1) is 10.7. The summed E-state index contributed by atoms with van der Waals surface area (Å²) in [6, 6.07) is 4.40. The highest BCUT2D eigenvalue weighted by Crippen LogP contribution is 2.19. The molecule has 2 unspecified atom stereocenters. The fourth-order valence-electron chi connectivity index (χ4n) is 2.91. The molecule has 1 saturated heterocycles. The molecule has 0 bridgehead atoms. The van der Waals surface area contributed by atoms with Crippen LogP contribution in [0.5, 0.6) is 0 Å². The van der Waals surface area contributed by atoms with Gasteiger partial charge in [-0.15, -0.1) is 0 Å². The van der Waals surface area contributed by atoms with E-state index in [-0.39, 0.29) is 16.8 Å². The molecule has 0 aliphatic carbocycles. The SMILES string of the molecule is Cc1ccc(S(=O)(=O)NC(C)C(=O)N2CCCCC2C)cc1C. The minimum Gasteiger partial charge on any atom is -0.339 e. The van der Waals surface area contributed by atoms with Crippen LogP contribution in [0.2, 0.25) is 0 Å². The van der Waals surface area contributed by atoms with E-state index in [0.717, 1.165) is 30.4 Å². The lowest BCUT2D eigenvalue weighted by atomic mass is 10.0.